The molecule has 1 aromatic carbocycles. The van der Waals surface area contributed by atoms with Gasteiger partial charge in [-0.2, -0.15) is 0 Å². The van der Waals surface area contributed by atoms with Gasteiger partial charge in [-0.05, 0) is 6.07 Å². The van der Waals surface area contributed by atoms with Crippen molar-refractivity contribution in [1.82, 2.24) is 4.98 Å². The predicted molar refractivity (Wildman–Crippen MR) is 74.5 cm³/mol. The normalized spacial score (nSPS) is 12.1. The van der Waals surface area contributed by atoms with E-state index in [-0.39, 0.29) is 6.79 Å². The van der Waals surface area contributed by atoms with Gasteiger partial charge in [0.25, 0.3) is 0 Å². The first-order chi connectivity index (χ1) is 9.36. The van der Waals surface area contributed by atoms with E-state index in [9.17, 15) is 0 Å². The molecule has 2 N–H and O–H groups in total. The average Bonchev–Trinajstić information content (AvgIpc) is 2.77. The molecule has 0 atom stereocenters. The van der Waals surface area contributed by atoms with Crippen LogP contribution in [0.4, 0.5) is 0 Å². The molecule has 5 heteroatoms. The number of hydrogen-bond donors (Lipinski definition) is 2. The number of rotatable bonds is 6. The summed E-state index contributed by atoms with van der Waals surface area (Å²) in [4.78, 5) is 3.19. The van der Waals surface area contributed by atoms with E-state index in [0.29, 0.717) is 6.61 Å². The summed E-state index contributed by atoms with van der Waals surface area (Å²) in [6.45, 7) is 0.728. The van der Waals surface area contributed by atoms with Crippen molar-refractivity contribution in [2.45, 2.75) is 0 Å². The maximum Gasteiger partial charge on any atom is 0.146 e. The lowest BCUT2D eigenvalue weighted by Gasteiger charge is -1.97. The first-order valence-electron chi connectivity index (χ1n) is 5.88. The minimum Gasteiger partial charge on any atom is -0.411 e. The molecule has 0 bridgehead atoms. The van der Waals surface area contributed by atoms with E-state index in [1.807, 2.05) is 36.4 Å². The lowest BCUT2D eigenvalue weighted by molar-refractivity contribution is -0.0184. The molecule has 1 heterocycles. The molecule has 0 aliphatic heterocycles. The van der Waals surface area contributed by atoms with Crippen LogP contribution >= 0.6 is 0 Å². The first kappa shape index (κ1) is 13.3. The molecule has 100 valence electrons. The van der Waals surface area contributed by atoms with Gasteiger partial charge in [0.05, 0.1) is 18.5 Å². The Morgan fingerprint density at radius 2 is 2.21 bits per heavy atom. The van der Waals surface area contributed by atoms with Crippen molar-refractivity contribution in [3.8, 4) is 0 Å². The number of fused-ring (bicyclic) bond motifs is 1. The van der Waals surface area contributed by atoms with Gasteiger partial charge in [0, 0.05) is 23.6 Å². The zero-order chi connectivity index (χ0) is 13.5. The SMILES string of the molecule is COCOC/C=C/c1c(/C=N/O)[nH]c2ccccc12. The zero-order valence-electron chi connectivity index (χ0n) is 10.7. The van der Waals surface area contributed by atoms with Crippen LogP contribution in [0.2, 0.25) is 0 Å². The van der Waals surface area contributed by atoms with Gasteiger partial charge in [-0.1, -0.05) is 35.5 Å². The molecule has 0 amide bonds. The Hall–Kier alpha value is -2.11. The number of H-pyrrole nitrogens is 1. The second-order valence-corrected chi connectivity index (χ2v) is 3.92. The zero-order valence-corrected chi connectivity index (χ0v) is 10.7. The maximum absolute atomic E-state index is 8.69. The third kappa shape index (κ3) is 3.21. The predicted octanol–water partition coefficient (Wildman–Crippen LogP) is 2.61. The quantitative estimate of drug-likeness (QED) is 0.276. The Morgan fingerprint density at radius 1 is 1.37 bits per heavy atom. The number of nitrogens with zero attached hydrogens (tertiary/aromatic N) is 1. The molecule has 0 aliphatic carbocycles. The Balaban J connectivity index is 2.26. The van der Waals surface area contributed by atoms with Crippen LogP contribution < -0.4 is 0 Å². The van der Waals surface area contributed by atoms with Gasteiger partial charge in [-0.15, -0.1) is 0 Å². The van der Waals surface area contributed by atoms with Crippen molar-refractivity contribution in [2.24, 2.45) is 5.16 Å². The van der Waals surface area contributed by atoms with E-state index < -0.39 is 0 Å². The average molecular weight is 260 g/mol. The molecular weight excluding hydrogens is 244 g/mol. The van der Waals surface area contributed by atoms with Crippen LogP contribution in [-0.4, -0.2) is 36.9 Å². The van der Waals surface area contributed by atoms with Gasteiger partial charge in [-0.25, -0.2) is 0 Å². The third-order valence-electron chi connectivity index (χ3n) is 2.66. The maximum atomic E-state index is 8.69. The Morgan fingerprint density at radius 3 is 3.00 bits per heavy atom. The van der Waals surface area contributed by atoms with Crippen LogP contribution in [0, 0.1) is 0 Å². The monoisotopic (exact) mass is 260 g/mol. The van der Waals surface area contributed by atoms with Crippen molar-refractivity contribution >= 4 is 23.2 Å². The number of ether oxygens (including phenoxy) is 2. The fourth-order valence-electron chi connectivity index (χ4n) is 1.89. The first-order valence-corrected chi connectivity index (χ1v) is 5.88. The highest BCUT2D eigenvalue weighted by molar-refractivity contribution is 5.98. The summed E-state index contributed by atoms with van der Waals surface area (Å²) in [7, 11) is 1.58. The van der Waals surface area contributed by atoms with Crippen molar-refractivity contribution < 1.29 is 14.7 Å². The second kappa shape index (κ2) is 6.72. The van der Waals surface area contributed by atoms with Gasteiger partial charge in [0.15, 0.2) is 0 Å². The molecule has 2 aromatic rings. The van der Waals surface area contributed by atoms with Crippen molar-refractivity contribution in [2.75, 3.05) is 20.5 Å². The molecule has 19 heavy (non-hydrogen) atoms. The van der Waals surface area contributed by atoms with Crippen LogP contribution in [0.15, 0.2) is 35.5 Å². The number of methoxy groups -OCH3 is 1. The summed E-state index contributed by atoms with van der Waals surface area (Å²) >= 11 is 0. The molecule has 2 rings (SSSR count). The lowest BCUT2D eigenvalue weighted by Crippen LogP contribution is -1.95. The summed E-state index contributed by atoms with van der Waals surface area (Å²) in [5, 5.41) is 12.8. The van der Waals surface area contributed by atoms with Gasteiger partial charge in [0.1, 0.15) is 6.79 Å². The summed E-state index contributed by atoms with van der Waals surface area (Å²) in [6.07, 6.45) is 5.21. The number of oxime groups is 1. The minimum atomic E-state index is 0.267. The largest absolute Gasteiger partial charge is 0.411 e. The van der Waals surface area contributed by atoms with E-state index >= 15 is 0 Å². The highest BCUT2D eigenvalue weighted by atomic mass is 16.7. The highest BCUT2D eigenvalue weighted by Gasteiger charge is 2.06. The molecule has 0 saturated heterocycles. The second-order valence-electron chi connectivity index (χ2n) is 3.92. The van der Waals surface area contributed by atoms with Crippen LogP contribution in [0.3, 0.4) is 0 Å². The fraction of sp³-hybridized carbons (Fsp3) is 0.214. The summed E-state index contributed by atoms with van der Waals surface area (Å²) in [5.41, 5.74) is 2.72. The molecule has 0 unspecified atom stereocenters. The van der Waals surface area contributed by atoms with Crippen LogP contribution in [0.5, 0.6) is 0 Å². The molecule has 0 saturated carbocycles. The fourth-order valence-corrected chi connectivity index (χ4v) is 1.89. The Labute approximate surface area is 111 Å². The molecular formula is C14H16N2O3. The Bertz CT molecular complexity index is 587. The molecule has 0 aliphatic rings. The number of para-hydroxylation sites is 1. The molecule has 0 spiro atoms. The van der Waals surface area contributed by atoms with Crippen LogP contribution in [-0.2, 0) is 9.47 Å². The van der Waals surface area contributed by atoms with Crippen LogP contribution in [0.25, 0.3) is 17.0 Å². The number of nitrogens with one attached hydrogen (secondary N) is 1. The summed E-state index contributed by atoms with van der Waals surface area (Å²) in [5.74, 6) is 0. The molecule has 5 nitrogen and oxygen atoms in total. The summed E-state index contributed by atoms with van der Waals surface area (Å²) < 4.78 is 9.99. The number of hydrogen-bond acceptors (Lipinski definition) is 4. The third-order valence-corrected chi connectivity index (χ3v) is 2.66. The lowest BCUT2D eigenvalue weighted by atomic mass is 10.1. The van der Waals surface area contributed by atoms with Gasteiger partial charge in [0.2, 0.25) is 0 Å². The van der Waals surface area contributed by atoms with E-state index in [1.165, 1.54) is 6.21 Å². The topological polar surface area (TPSA) is 66.8 Å². The molecule has 1 aromatic heterocycles. The highest BCUT2D eigenvalue weighted by Crippen LogP contribution is 2.22. The molecule has 0 fully saturated rings. The van der Waals surface area contributed by atoms with Gasteiger partial charge < -0.3 is 19.7 Å². The standard InChI is InChI=1S/C14H16N2O3/c1-18-10-19-8-4-6-12-11-5-2-3-7-13(11)16-14(12)9-15-17/h2-7,9,16-17H,8,10H2,1H3/b6-4+,15-9+. The van der Waals surface area contributed by atoms with Crippen molar-refractivity contribution in [3.63, 3.8) is 0 Å². The van der Waals surface area contributed by atoms with E-state index in [4.69, 9.17) is 14.7 Å². The Kier molecular flexibility index (Phi) is 4.72. The van der Waals surface area contributed by atoms with E-state index in [2.05, 4.69) is 10.1 Å². The van der Waals surface area contributed by atoms with Crippen molar-refractivity contribution in [3.05, 3.63) is 41.6 Å². The van der Waals surface area contributed by atoms with Gasteiger partial charge in [-0.3, -0.25) is 0 Å². The smallest absolute Gasteiger partial charge is 0.146 e. The number of aromatic nitrogens is 1. The number of benzene rings is 1. The molecule has 0 radical (unpaired) electrons. The van der Waals surface area contributed by atoms with Crippen LogP contribution in [0.1, 0.15) is 11.3 Å². The summed E-state index contributed by atoms with van der Waals surface area (Å²) in [6, 6.07) is 7.90. The van der Waals surface area contributed by atoms with Gasteiger partial charge >= 0.3 is 0 Å². The van der Waals surface area contributed by atoms with E-state index in [0.717, 1.165) is 22.2 Å². The number of aromatic amines is 1. The minimum absolute atomic E-state index is 0.267. The van der Waals surface area contributed by atoms with E-state index in [1.54, 1.807) is 7.11 Å². The van der Waals surface area contributed by atoms with Crippen molar-refractivity contribution in [1.29, 1.82) is 0 Å².